The van der Waals surface area contributed by atoms with Crippen LogP contribution in [0.4, 0.5) is 0 Å². The van der Waals surface area contributed by atoms with Crippen molar-refractivity contribution in [3.05, 3.63) is 34.9 Å². The number of aryl methyl sites for hydroxylation is 1. The summed E-state index contributed by atoms with van der Waals surface area (Å²) in [6, 6.07) is 8.88. The van der Waals surface area contributed by atoms with Gasteiger partial charge < -0.3 is 0 Å². The van der Waals surface area contributed by atoms with Gasteiger partial charge in [0.15, 0.2) is 0 Å². The lowest BCUT2D eigenvalue weighted by atomic mass is 10.0. The molecule has 2 heteroatoms. The fourth-order valence-corrected chi connectivity index (χ4v) is 2.77. The van der Waals surface area contributed by atoms with E-state index in [1.165, 1.54) is 24.1 Å². The van der Waals surface area contributed by atoms with Crippen LogP contribution in [0.5, 0.6) is 0 Å². The van der Waals surface area contributed by atoms with Crippen LogP contribution < -0.4 is 0 Å². The van der Waals surface area contributed by atoms with Gasteiger partial charge in [-0.25, -0.2) is 0 Å². The Balaban J connectivity index is 2.12. The molecule has 0 bridgehead atoms. The molecule has 0 saturated carbocycles. The van der Waals surface area contributed by atoms with Gasteiger partial charge >= 0.3 is 0 Å². The fraction of sp³-hybridized carbons (Fsp3) is 0.533. The lowest BCUT2D eigenvalue weighted by Gasteiger charge is -2.22. The van der Waals surface area contributed by atoms with E-state index in [4.69, 9.17) is 5.26 Å². The number of benzene rings is 1. The largest absolute Gasteiger partial charge is 0.296 e. The van der Waals surface area contributed by atoms with Crippen LogP contribution in [0.25, 0.3) is 0 Å². The Morgan fingerprint density at radius 1 is 1.41 bits per heavy atom. The highest BCUT2D eigenvalue weighted by Crippen LogP contribution is 2.25. The first-order valence-corrected chi connectivity index (χ1v) is 6.34. The van der Waals surface area contributed by atoms with Crippen LogP contribution in [0.3, 0.4) is 0 Å². The fourth-order valence-electron chi connectivity index (χ4n) is 2.77. The second-order valence-electron chi connectivity index (χ2n) is 5.37. The third kappa shape index (κ3) is 2.68. The monoisotopic (exact) mass is 228 g/mol. The van der Waals surface area contributed by atoms with Gasteiger partial charge in [-0.3, -0.25) is 4.90 Å². The topological polar surface area (TPSA) is 27.0 Å². The van der Waals surface area contributed by atoms with Gasteiger partial charge in [0.2, 0.25) is 0 Å². The quantitative estimate of drug-likeness (QED) is 0.777. The Kier molecular flexibility index (Phi) is 3.49. The molecular weight excluding hydrogens is 208 g/mol. The highest BCUT2D eigenvalue weighted by atomic mass is 15.2. The van der Waals surface area contributed by atoms with Crippen LogP contribution in [-0.2, 0) is 6.54 Å². The molecule has 90 valence electrons. The molecule has 1 saturated heterocycles. The van der Waals surface area contributed by atoms with Gasteiger partial charge in [-0.05, 0) is 49.4 Å². The molecule has 1 heterocycles. The van der Waals surface area contributed by atoms with Crippen LogP contribution in [0.15, 0.2) is 18.2 Å². The predicted octanol–water partition coefficient (Wildman–Crippen LogP) is 3.10. The number of hydrogen-bond donors (Lipinski definition) is 0. The molecular formula is C15H20N2. The highest BCUT2D eigenvalue weighted by molar-refractivity contribution is 5.37. The van der Waals surface area contributed by atoms with E-state index >= 15 is 0 Å². The third-order valence-electron chi connectivity index (χ3n) is 3.76. The lowest BCUT2D eigenvalue weighted by molar-refractivity contribution is 0.256. The third-order valence-corrected chi connectivity index (χ3v) is 3.76. The summed E-state index contributed by atoms with van der Waals surface area (Å²) < 4.78 is 0. The highest BCUT2D eigenvalue weighted by Gasteiger charge is 2.25. The predicted molar refractivity (Wildman–Crippen MR) is 69.5 cm³/mol. The molecule has 1 aliphatic rings. The van der Waals surface area contributed by atoms with Gasteiger partial charge in [-0.15, -0.1) is 0 Å². The first-order valence-electron chi connectivity index (χ1n) is 6.34. The van der Waals surface area contributed by atoms with Crippen molar-refractivity contribution in [1.82, 2.24) is 4.90 Å². The molecule has 0 radical (unpaired) electrons. The van der Waals surface area contributed by atoms with Gasteiger partial charge in [0.05, 0.1) is 11.6 Å². The smallest absolute Gasteiger partial charge is 0.0991 e. The van der Waals surface area contributed by atoms with Gasteiger partial charge in [-0.2, -0.15) is 5.26 Å². The number of likely N-dealkylation sites (tertiary alicyclic amines) is 1. The lowest BCUT2D eigenvalue weighted by Crippen LogP contribution is -2.26. The van der Waals surface area contributed by atoms with Crippen LogP contribution in [0.1, 0.15) is 37.0 Å². The van der Waals surface area contributed by atoms with E-state index in [-0.39, 0.29) is 0 Å². The molecule has 0 N–H and O–H groups in total. The van der Waals surface area contributed by atoms with E-state index in [0.29, 0.717) is 6.04 Å². The van der Waals surface area contributed by atoms with E-state index in [0.717, 1.165) is 18.0 Å². The first kappa shape index (κ1) is 12.1. The number of nitriles is 1. The maximum atomic E-state index is 8.85. The van der Waals surface area contributed by atoms with Crippen molar-refractivity contribution in [2.75, 3.05) is 6.54 Å². The van der Waals surface area contributed by atoms with Crippen LogP contribution in [-0.4, -0.2) is 17.5 Å². The Labute approximate surface area is 104 Å². The van der Waals surface area contributed by atoms with Gasteiger partial charge in [-0.1, -0.05) is 13.0 Å². The molecule has 1 aromatic rings. The molecule has 1 aliphatic heterocycles. The standard InChI is InChI=1S/C15H20N2/c1-11-6-13(3)17(9-11)10-15-5-4-14(8-16)7-12(15)2/h4-5,7,11,13H,6,9-10H2,1-3H3. The van der Waals surface area contributed by atoms with Crippen molar-refractivity contribution >= 4 is 0 Å². The molecule has 1 fully saturated rings. The van der Waals surface area contributed by atoms with E-state index in [1.807, 2.05) is 12.1 Å². The Morgan fingerprint density at radius 2 is 2.18 bits per heavy atom. The molecule has 0 aromatic heterocycles. The summed E-state index contributed by atoms with van der Waals surface area (Å²) in [6.45, 7) is 8.94. The summed E-state index contributed by atoms with van der Waals surface area (Å²) in [5, 5.41) is 8.85. The van der Waals surface area contributed by atoms with Crippen LogP contribution >= 0.6 is 0 Å². The van der Waals surface area contributed by atoms with Crippen LogP contribution in [0.2, 0.25) is 0 Å². The molecule has 0 amide bonds. The minimum absolute atomic E-state index is 0.681. The minimum Gasteiger partial charge on any atom is -0.296 e. The minimum atomic E-state index is 0.681. The zero-order valence-electron chi connectivity index (χ0n) is 10.9. The van der Waals surface area contributed by atoms with E-state index in [2.05, 4.69) is 37.8 Å². The molecule has 2 unspecified atom stereocenters. The van der Waals surface area contributed by atoms with Crippen molar-refractivity contribution in [3.8, 4) is 6.07 Å². The second-order valence-corrected chi connectivity index (χ2v) is 5.37. The maximum Gasteiger partial charge on any atom is 0.0991 e. The molecule has 17 heavy (non-hydrogen) atoms. The van der Waals surface area contributed by atoms with Gasteiger partial charge in [0.25, 0.3) is 0 Å². The summed E-state index contributed by atoms with van der Waals surface area (Å²) in [7, 11) is 0. The Bertz CT molecular complexity index is 445. The van der Waals surface area contributed by atoms with Gasteiger partial charge in [0.1, 0.15) is 0 Å². The molecule has 2 atom stereocenters. The van der Waals surface area contributed by atoms with E-state index in [1.54, 1.807) is 0 Å². The summed E-state index contributed by atoms with van der Waals surface area (Å²) >= 11 is 0. The van der Waals surface area contributed by atoms with Crippen molar-refractivity contribution in [2.24, 2.45) is 5.92 Å². The zero-order valence-corrected chi connectivity index (χ0v) is 10.9. The summed E-state index contributed by atoms with van der Waals surface area (Å²) in [5.74, 6) is 0.809. The summed E-state index contributed by atoms with van der Waals surface area (Å²) in [4.78, 5) is 2.54. The molecule has 1 aromatic carbocycles. The van der Waals surface area contributed by atoms with Crippen LogP contribution in [0, 0.1) is 24.2 Å². The van der Waals surface area contributed by atoms with Crippen molar-refractivity contribution in [2.45, 2.75) is 39.8 Å². The normalized spacial score (nSPS) is 24.8. The molecule has 0 spiro atoms. The average Bonchev–Trinajstić information content (AvgIpc) is 2.60. The van der Waals surface area contributed by atoms with Crippen molar-refractivity contribution in [3.63, 3.8) is 0 Å². The maximum absolute atomic E-state index is 8.85. The van der Waals surface area contributed by atoms with E-state index < -0.39 is 0 Å². The molecule has 2 nitrogen and oxygen atoms in total. The Morgan fingerprint density at radius 3 is 2.71 bits per heavy atom. The van der Waals surface area contributed by atoms with Crippen molar-refractivity contribution < 1.29 is 0 Å². The number of hydrogen-bond acceptors (Lipinski definition) is 2. The SMILES string of the molecule is Cc1cc(C#N)ccc1CN1CC(C)CC1C. The molecule has 0 aliphatic carbocycles. The number of nitrogens with zero attached hydrogens (tertiary/aromatic N) is 2. The summed E-state index contributed by atoms with van der Waals surface area (Å²) in [6.07, 6.45) is 1.30. The summed E-state index contributed by atoms with van der Waals surface area (Å²) in [5.41, 5.74) is 3.34. The van der Waals surface area contributed by atoms with E-state index in [9.17, 15) is 0 Å². The number of rotatable bonds is 2. The van der Waals surface area contributed by atoms with Crippen molar-refractivity contribution in [1.29, 1.82) is 5.26 Å². The second kappa shape index (κ2) is 4.89. The molecule has 2 rings (SSSR count). The zero-order chi connectivity index (χ0) is 12.4. The Hall–Kier alpha value is -1.33. The average molecular weight is 228 g/mol. The van der Waals surface area contributed by atoms with Gasteiger partial charge in [0, 0.05) is 19.1 Å². The first-order chi connectivity index (χ1) is 8.10.